The van der Waals surface area contributed by atoms with Crippen LogP contribution in [-0.4, -0.2) is 57.2 Å². The molecule has 1 aromatic carbocycles. The van der Waals surface area contributed by atoms with E-state index in [9.17, 15) is 19.1 Å². The van der Waals surface area contributed by atoms with Gasteiger partial charge in [0.05, 0.1) is 29.8 Å². The van der Waals surface area contributed by atoms with Crippen molar-refractivity contribution in [2.75, 3.05) is 24.5 Å². The fraction of sp³-hybridized carbons (Fsp3) is 0.346. The van der Waals surface area contributed by atoms with Gasteiger partial charge in [0.25, 0.3) is 0 Å². The highest BCUT2D eigenvalue weighted by Crippen LogP contribution is 2.40. The van der Waals surface area contributed by atoms with E-state index in [1.54, 1.807) is 42.6 Å². The number of hydrogen-bond donors (Lipinski definition) is 2. The number of aliphatic hydroxyl groups is 1. The number of amides is 1. The highest BCUT2D eigenvalue weighted by molar-refractivity contribution is 6.00. The van der Waals surface area contributed by atoms with Crippen molar-refractivity contribution < 1.29 is 23.8 Å². The van der Waals surface area contributed by atoms with Crippen molar-refractivity contribution in [3.8, 4) is 5.75 Å². The normalized spacial score (nSPS) is 17.3. The molecular weight excluding hydrogens is 465 g/mol. The minimum atomic E-state index is -0.887. The summed E-state index contributed by atoms with van der Waals surface area (Å²) in [5.41, 5.74) is 0.406. The van der Waals surface area contributed by atoms with Crippen LogP contribution in [0.5, 0.6) is 5.75 Å². The largest absolute Gasteiger partial charge is 0.486 e. The lowest BCUT2D eigenvalue weighted by atomic mass is 9.82. The number of nitrogens with zero attached hydrogens (tertiary/aromatic N) is 4. The van der Waals surface area contributed by atoms with Crippen LogP contribution in [0.15, 0.2) is 54.7 Å². The molecule has 1 amide bonds. The number of ether oxygens (including phenoxy) is 1. The fourth-order valence-corrected chi connectivity index (χ4v) is 4.66. The monoisotopic (exact) mass is 491 g/mol. The number of Topliss-reactive ketones (excluding diaryl/α,β-unsaturated/α-hetero) is 1. The number of fused-ring (bicyclic) bond motifs is 1. The van der Waals surface area contributed by atoms with E-state index in [-0.39, 0.29) is 36.6 Å². The Morgan fingerprint density at radius 3 is 2.69 bits per heavy atom. The fourth-order valence-electron chi connectivity index (χ4n) is 4.66. The molecule has 2 aromatic heterocycles. The van der Waals surface area contributed by atoms with E-state index in [1.165, 1.54) is 6.07 Å². The molecule has 1 unspecified atom stereocenters. The van der Waals surface area contributed by atoms with Crippen molar-refractivity contribution in [1.29, 1.82) is 0 Å². The summed E-state index contributed by atoms with van der Waals surface area (Å²) in [6.07, 6.45) is 2.09. The van der Waals surface area contributed by atoms with Gasteiger partial charge in [-0.15, -0.1) is 5.10 Å². The molecule has 0 aliphatic carbocycles. The number of benzene rings is 1. The van der Waals surface area contributed by atoms with Gasteiger partial charge < -0.3 is 20.1 Å². The number of hydrogen-bond acceptors (Lipinski definition) is 8. The van der Waals surface area contributed by atoms with Crippen molar-refractivity contribution in [2.45, 2.75) is 37.4 Å². The Labute approximate surface area is 207 Å². The van der Waals surface area contributed by atoms with Crippen LogP contribution in [0.3, 0.4) is 0 Å². The summed E-state index contributed by atoms with van der Waals surface area (Å²) >= 11 is 0. The van der Waals surface area contributed by atoms with E-state index in [0.29, 0.717) is 48.9 Å². The first-order valence-electron chi connectivity index (χ1n) is 11.9. The molecule has 4 heterocycles. The number of ketones is 1. The van der Waals surface area contributed by atoms with E-state index in [2.05, 4.69) is 25.4 Å². The van der Waals surface area contributed by atoms with E-state index in [4.69, 9.17) is 4.74 Å². The van der Waals surface area contributed by atoms with Crippen molar-refractivity contribution in [2.24, 2.45) is 0 Å². The molecule has 2 N–H and O–H groups in total. The van der Waals surface area contributed by atoms with Gasteiger partial charge in [0, 0.05) is 38.7 Å². The highest BCUT2D eigenvalue weighted by atomic mass is 19.1. The van der Waals surface area contributed by atoms with Crippen LogP contribution in [0, 0.1) is 5.82 Å². The molecule has 186 valence electrons. The zero-order valence-corrected chi connectivity index (χ0v) is 19.6. The Balaban J connectivity index is 1.13. The van der Waals surface area contributed by atoms with Gasteiger partial charge in [-0.05, 0) is 36.4 Å². The summed E-state index contributed by atoms with van der Waals surface area (Å²) in [5.74, 6) is -0.0541. The van der Waals surface area contributed by atoms with E-state index in [1.807, 2.05) is 6.07 Å². The van der Waals surface area contributed by atoms with Gasteiger partial charge in [-0.25, -0.2) is 4.39 Å². The van der Waals surface area contributed by atoms with Gasteiger partial charge in [-0.3, -0.25) is 14.6 Å². The zero-order chi connectivity index (χ0) is 25.1. The molecule has 5 rings (SSSR count). The van der Waals surface area contributed by atoms with Gasteiger partial charge >= 0.3 is 0 Å². The number of halogens is 1. The topological polar surface area (TPSA) is 118 Å². The second-order valence-corrected chi connectivity index (χ2v) is 9.12. The Morgan fingerprint density at radius 2 is 1.97 bits per heavy atom. The molecule has 2 aliphatic rings. The van der Waals surface area contributed by atoms with Crippen LogP contribution < -0.4 is 15.0 Å². The Morgan fingerprint density at radius 1 is 1.14 bits per heavy atom. The van der Waals surface area contributed by atoms with Crippen molar-refractivity contribution in [3.63, 3.8) is 0 Å². The van der Waals surface area contributed by atoms with Crippen LogP contribution in [-0.2, 0) is 11.2 Å². The maximum absolute atomic E-state index is 14.1. The maximum atomic E-state index is 14.1. The third-order valence-corrected chi connectivity index (χ3v) is 6.63. The molecule has 1 spiro atoms. The van der Waals surface area contributed by atoms with Crippen molar-refractivity contribution in [1.82, 2.24) is 20.5 Å². The lowest BCUT2D eigenvalue weighted by Gasteiger charge is -2.44. The minimum Gasteiger partial charge on any atom is -0.486 e. The predicted molar refractivity (Wildman–Crippen MR) is 128 cm³/mol. The van der Waals surface area contributed by atoms with Crippen molar-refractivity contribution in [3.05, 3.63) is 77.5 Å². The molecule has 0 bridgehead atoms. The molecule has 10 heteroatoms. The summed E-state index contributed by atoms with van der Waals surface area (Å²) in [7, 11) is 0. The molecule has 1 fully saturated rings. The number of carbonyl (C=O) groups excluding carboxylic acids is 2. The smallest absolute Gasteiger partial charge is 0.226 e. The van der Waals surface area contributed by atoms with Gasteiger partial charge in [0.2, 0.25) is 5.91 Å². The van der Waals surface area contributed by atoms with Crippen LogP contribution in [0.1, 0.15) is 47.1 Å². The standard InChI is InChI=1S/C26H26FN5O4/c27-18-4-3-6-22-25(18)20(33)15-26(36-22)9-12-32(13-10-26)23-8-7-17(30-31-23)14-24(35)29-16-21(34)19-5-1-2-11-28-19/h1-8,11,21,34H,9-10,12-16H2,(H,29,35). The summed E-state index contributed by atoms with van der Waals surface area (Å²) < 4.78 is 20.2. The molecule has 1 atom stereocenters. The van der Waals surface area contributed by atoms with Crippen LogP contribution in [0.25, 0.3) is 0 Å². The second-order valence-electron chi connectivity index (χ2n) is 9.12. The maximum Gasteiger partial charge on any atom is 0.226 e. The number of nitrogens with one attached hydrogen (secondary N) is 1. The molecule has 2 aliphatic heterocycles. The Kier molecular flexibility index (Phi) is 6.60. The number of pyridine rings is 1. The van der Waals surface area contributed by atoms with Crippen molar-refractivity contribution >= 4 is 17.5 Å². The summed E-state index contributed by atoms with van der Waals surface area (Å²) in [4.78, 5) is 31.0. The van der Waals surface area contributed by atoms with E-state index < -0.39 is 17.5 Å². The third-order valence-electron chi connectivity index (χ3n) is 6.63. The third kappa shape index (κ3) is 5.03. The molecule has 3 aromatic rings. The van der Waals surface area contributed by atoms with Gasteiger partial charge in [0.15, 0.2) is 11.6 Å². The number of rotatable bonds is 6. The minimum absolute atomic E-state index is 0.0389. The average Bonchev–Trinajstić information content (AvgIpc) is 2.88. The Hall–Kier alpha value is -3.92. The molecule has 9 nitrogen and oxygen atoms in total. The number of aromatic nitrogens is 3. The first-order chi connectivity index (χ1) is 17.4. The predicted octanol–water partition coefficient (Wildman–Crippen LogP) is 2.41. The zero-order valence-electron chi connectivity index (χ0n) is 19.6. The SMILES string of the molecule is O=C(Cc1ccc(N2CCC3(CC2)CC(=O)c2c(F)cccc2O3)nn1)NCC(O)c1ccccn1. The van der Waals surface area contributed by atoms with Gasteiger partial charge in [0.1, 0.15) is 23.3 Å². The van der Waals surface area contributed by atoms with Crippen LogP contribution in [0.4, 0.5) is 10.2 Å². The molecule has 1 saturated heterocycles. The molecule has 36 heavy (non-hydrogen) atoms. The quantitative estimate of drug-likeness (QED) is 0.540. The summed E-state index contributed by atoms with van der Waals surface area (Å²) in [5, 5.41) is 21.3. The highest BCUT2D eigenvalue weighted by Gasteiger charge is 2.44. The summed E-state index contributed by atoms with van der Waals surface area (Å²) in [6, 6.07) is 13.3. The van der Waals surface area contributed by atoms with Crippen LogP contribution >= 0.6 is 0 Å². The molecule has 0 radical (unpaired) electrons. The number of piperidine rings is 1. The molecule has 0 saturated carbocycles. The molecular formula is C26H26FN5O4. The lowest BCUT2D eigenvalue weighted by Crippen LogP contribution is -2.51. The lowest BCUT2D eigenvalue weighted by molar-refractivity contribution is -0.121. The first-order valence-corrected chi connectivity index (χ1v) is 11.9. The van der Waals surface area contributed by atoms with Gasteiger partial charge in [-0.2, -0.15) is 5.10 Å². The number of carbonyl (C=O) groups is 2. The summed E-state index contributed by atoms with van der Waals surface area (Å²) in [6.45, 7) is 1.27. The number of aliphatic hydroxyl groups excluding tert-OH is 1. The first kappa shape index (κ1) is 23.8. The second kappa shape index (κ2) is 9.98. The van der Waals surface area contributed by atoms with E-state index in [0.717, 1.165) is 0 Å². The van der Waals surface area contributed by atoms with Crippen LogP contribution in [0.2, 0.25) is 0 Å². The number of anilines is 1. The van der Waals surface area contributed by atoms with E-state index >= 15 is 0 Å². The average molecular weight is 492 g/mol. The van der Waals surface area contributed by atoms with Gasteiger partial charge in [-0.1, -0.05) is 12.1 Å². The Bertz CT molecular complexity index is 1250.